The number of rotatable bonds is 4. The molecule has 0 unspecified atom stereocenters. The molecule has 0 bridgehead atoms. The molecule has 0 aromatic heterocycles. The van der Waals surface area contributed by atoms with Crippen molar-refractivity contribution in [3.8, 4) is 0 Å². The first-order valence-electron chi connectivity index (χ1n) is 4.98. The predicted octanol–water partition coefficient (Wildman–Crippen LogP) is 3.49. The number of thiocarbonyl (C=S) groups is 1. The van der Waals surface area contributed by atoms with Crippen molar-refractivity contribution in [2.24, 2.45) is 0 Å². The summed E-state index contributed by atoms with van der Waals surface area (Å²) in [5.41, 5.74) is 2.24. The highest BCUT2D eigenvalue weighted by atomic mass is 32.1. The van der Waals surface area contributed by atoms with Gasteiger partial charge in [-0.15, -0.1) is 0 Å². The van der Waals surface area contributed by atoms with E-state index in [1.54, 1.807) is 0 Å². The lowest BCUT2D eigenvalue weighted by Crippen LogP contribution is -2.04. The van der Waals surface area contributed by atoms with Gasteiger partial charge in [0.15, 0.2) is 5.05 Å². The van der Waals surface area contributed by atoms with E-state index in [1.165, 1.54) is 5.56 Å². The maximum Gasteiger partial charge on any atom is 0.191 e. The highest BCUT2D eigenvalue weighted by molar-refractivity contribution is 7.80. The number of hydrogen-bond donors (Lipinski definition) is 0. The van der Waals surface area contributed by atoms with Crippen LogP contribution in [0.4, 0.5) is 0 Å². The van der Waals surface area contributed by atoms with E-state index in [2.05, 4.69) is 13.8 Å². The number of benzene rings is 1. The molecular weight excluding hydrogens is 192 g/mol. The van der Waals surface area contributed by atoms with Gasteiger partial charge in [-0.3, -0.25) is 0 Å². The van der Waals surface area contributed by atoms with Gasteiger partial charge in [0.25, 0.3) is 0 Å². The third-order valence-corrected chi connectivity index (χ3v) is 2.37. The van der Waals surface area contributed by atoms with Crippen LogP contribution in [0.25, 0.3) is 0 Å². The molecule has 0 aliphatic carbocycles. The fourth-order valence-electron chi connectivity index (χ4n) is 1.08. The van der Waals surface area contributed by atoms with Crippen LogP contribution in [0, 0.1) is 6.92 Å². The maximum absolute atomic E-state index is 5.44. The lowest BCUT2D eigenvalue weighted by Gasteiger charge is -2.06. The minimum absolute atomic E-state index is 0.610. The molecule has 1 aromatic carbocycles. The van der Waals surface area contributed by atoms with E-state index in [4.69, 9.17) is 17.0 Å². The van der Waals surface area contributed by atoms with Gasteiger partial charge in [0.1, 0.15) is 0 Å². The Morgan fingerprint density at radius 2 is 1.93 bits per heavy atom. The second-order valence-electron chi connectivity index (χ2n) is 3.36. The summed E-state index contributed by atoms with van der Waals surface area (Å²) < 4.78 is 5.44. The van der Waals surface area contributed by atoms with Gasteiger partial charge < -0.3 is 4.74 Å². The van der Waals surface area contributed by atoms with Gasteiger partial charge in [-0.1, -0.05) is 43.2 Å². The second-order valence-corrected chi connectivity index (χ2v) is 3.73. The highest BCUT2D eigenvalue weighted by Gasteiger charge is 2.00. The molecule has 1 aromatic rings. The molecule has 14 heavy (non-hydrogen) atoms. The van der Waals surface area contributed by atoms with Crippen molar-refractivity contribution in [3.63, 3.8) is 0 Å². The van der Waals surface area contributed by atoms with Crippen LogP contribution in [0.3, 0.4) is 0 Å². The van der Waals surface area contributed by atoms with E-state index < -0.39 is 0 Å². The fourth-order valence-corrected chi connectivity index (χ4v) is 1.30. The lowest BCUT2D eigenvalue weighted by molar-refractivity contribution is 0.306. The molecule has 1 rings (SSSR count). The second kappa shape index (κ2) is 5.76. The molecule has 0 saturated carbocycles. The minimum Gasteiger partial charge on any atom is -0.483 e. The van der Waals surface area contributed by atoms with Crippen LogP contribution in [0.15, 0.2) is 24.3 Å². The normalized spacial score (nSPS) is 9.86. The molecule has 0 atom stereocenters. The topological polar surface area (TPSA) is 9.23 Å². The van der Waals surface area contributed by atoms with Gasteiger partial charge in [0.2, 0.25) is 0 Å². The van der Waals surface area contributed by atoms with Crippen LogP contribution < -0.4 is 0 Å². The molecule has 0 saturated heterocycles. The molecule has 0 aliphatic heterocycles. The van der Waals surface area contributed by atoms with Gasteiger partial charge >= 0.3 is 0 Å². The van der Waals surface area contributed by atoms with Crippen LogP contribution in [-0.4, -0.2) is 11.7 Å². The summed E-state index contributed by atoms with van der Waals surface area (Å²) in [6, 6.07) is 8.10. The Bertz CT molecular complexity index is 290. The standard InChI is InChI=1S/C12H16OS/c1-3-4-9-13-12(14)11-7-5-10(2)6-8-11/h5-8H,3-4,9H2,1-2H3. The van der Waals surface area contributed by atoms with E-state index in [0.717, 1.165) is 25.0 Å². The van der Waals surface area contributed by atoms with Gasteiger partial charge in [-0.2, -0.15) is 0 Å². The Morgan fingerprint density at radius 3 is 2.50 bits per heavy atom. The van der Waals surface area contributed by atoms with Crippen molar-refractivity contribution in [1.29, 1.82) is 0 Å². The molecule has 0 amide bonds. The first-order valence-corrected chi connectivity index (χ1v) is 5.38. The van der Waals surface area contributed by atoms with E-state index in [1.807, 2.05) is 24.3 Å². The van der Waals surface area contributed by atoms with E-state index in [9.17, 15) is 0 Å². The van der Waals surface area contributed by atoms with E-state index >= 15 is 0 Å². The molecular formula is C12H16OS. The summed E-state index contributed by atoms with van der Waals surface area (Å²) in [6.45, 7) is 4.92. The molecule has 0 N–H and O–H groups in total. The number of unbranched alkanes of at least 4 members (excludes halogenated alkanes) is 1. The molecule has 76 valence electrons. The molecule has 0 fully saturated rings. The summed E-state index contributed by atoms with van der Waals surface area (Å²) >= 11 is 5.15. The summed E-state index contributed by atoms with van der Waals surface area (Å²) in [5.74, 6) is 0. The first-order chi connectivity index (χ1) is 6.74. The summed E-state index contributed by atoms with van der Waals surface area (Å²) in [7, 11) is 0. The molecule has 0 radical (unpaired) electrons. The summed E-state index contributed by atoms with van der Waals surface area (Å²) in [4.78, 5) is 0. The molecule has 2 heteroatoms. The van der Waals surface area contributed by atoms with Gasteiger partial charge in [-0.05, 0) is 25.6 Å². The van der Waals surface area contributed by atoms with Crippen LogP contribution in [0.1, 0.15) is 30.9 Å². The van der Waals surface area contributed by atoms with E-state index in [0.29, 0.717) is 5.05 Å². The van der Waals surface area contributed by atoms with Crippen LogP contribution in [-0.2, 0) is 4.74 Å². The Hall–Kier alpha value is -0.890. The van der Waals surface area contributed by atoms with Gasteiger partial charge in [0.05, 0.1) is 6.61 Å². The zero-order valence-electron chi connectivity index (χ0n) is 8.75. The van der Waals surface area contributed by atoms with Gasteiger partial charge in [-0.25, -0.2) is 0 Å². The van der Waals surface area contributed by atoms with Crippen LogP contribution >= 0.6 is 12.2 Å². The molecule has 0 aliphatic rings. The Balaban J connectivity index is 2.48. The van der Waals surface area contributed by atoms with Crippen molar-refractivity contribution in [2.45, 2.75) is 26.7 Å². The Morgan fingerprint density at radius 1 is 1.29 bits per heavy atom. The van der Waals surface area contributed by atoms with E-state index in [-0.39, 0.29) is 0 Å². The number of aryl methyl sites for hydroxylation is 1. The third kappa shape index (κ3) is 3.46. The Labute approximate surface area is 91.1 Å². The monoisotopic (exact) mass is 208 g/mol. The smallest absolute Gasteiger partial charge is 0.191 e. The molecule has 0 heterocycles. The third-order valence-electron chi connectivity index (χ3n) is 2.02. The summed E-state index contributed by atoms with van der Waals surface area (Å²) in [6.07, 6.45) is 2.20. The quantitative estimate of drug-likeness (QED) is 0.553. The fraction of sp³-hybridized carbons (Fsp3) is 0.417. The SMILES string of the molecule is CCCCOC(=S)c1ccc(C)cc1. The van der Waals surface area contributed by atoms with Crippen molar-refractivity contribution < 1.29 is 4.74 Å². The predicted molar refractivity (Wildman–Crippen MR) is 63.7 cm³/mol. The molecule has 0 spiro atoms. The average molecular weight is 208 g/mol. The van der Waals surface area contributed by atoms with Crippen molar-refractivity contribution in [3.05, 3.63) is 35.4 Å². The van der Waals surface area contributed by atoms with Crippen LogP contribution in [0.2, 0.25) is 0 Å². The average Bonchev–Trinajstić information content (AvgIpc) is 2.19. The van der Waals surface area contributed by atoms with Crippen LogP contribution in [0.5, 0.6) is 0 Å². The summed E-state index contributed by atoms with van der Waals surface area (Å²) in [5, 5.41) is 0.610. The van der Waals surface area contributed by atoms with Crippen molar-refractivity contribution in [1.82, 2.24) is 0 Å². The zero-order valence-corrected chi connectivity index (χ0v) is 9.56. The van der Waals surface area contributed by atoms with Gasteiger partial charge in [0, 0.05) is 5.56 Å². The lowest BCUT2D eigenvalue weighted by atomic mass is 10.2. The largest absolute Gasteiger partial charge is 0.483 e. The number of ether oxygens (including phenoxy) is 1. The maximum atomic E-state index is 5.44. The number of hydrogen-bond acceptors (Lipinski definition) is 2. The van der Waals surface area contributed by atoms with Crippen molar-refractivity contribution in [2.75, 3.05) is 6.61 Å². The highest BCUT2D eigenvalue weighted by Crippen LogP contribution is 2.06. The molecule has 1 nitrogen and oxygen atoms in total. The first kappa shape index (κ1) is 11.2. The Kier molecular flexibility index (Phi) is 4.60. The minimum atomic E-state index is 0.610. The zero-order chi connectivity index (χ0) is 10.4. The van der Waals surface area contributed by atoms with Crippen molar-refractivity contribution >= 4 is 17.3 Å².